The number of phenols is 1. The molecule has 0 radical (unpaired) electrons. The zero-order chi connectivity index (χ0) is 15.5. The van der Waals surface area contributed by atoms with E-state index in [1.54, 1.807) is 0 Å². The molecule has 2 heteroatoms. The van der Waals surface area contributed by atoms with Crippen LogP contribution in [-0.4, -0.2) is 10.7 Å². The minimum Gasteiger partial charge on any atom is -0.508 e. The number of benzene rings is 1. The van der Waals surface area contributed by atoms with Crippen LogP contribution in [0.25, 0.3) is 0 Å². The number of phenolic OH excluding ortho intramolecular Hbond substituents is 1. The largest absolute Gasteiger partial charge is 0.508 e. The van der Waals surface area contributed by atoms with Crippen LogP contribution in [0.3, 0.4) is 0 Å². The van der Waals surface area contributed by atoms with E-state index in [0.717, 1.165) is 23.3 Å². The molecule has 1 heterocycles. The van der Waals surface area contributed by atoms with Gasteiger partial charge in [0.15, 0.2) is 0 Å². The lowest BCUT2D eigenvalue weighted by atomic mass is 9.77. The number of hydrogen-bond acceptors (Lipinski definition) is 2. The summed E-state index contributed by atoms with van der Waals surface area (Å²) in [6.07, 6.45) is 0.854. The van der Waals surface area contributed by atoms with E-state index in [1.807, 2.05) is 6.07 Å². The molecule has 1 aromatic carbocycles. The number of rotatable bonds is 0. The molecule has 0 bridgehead atoms. The van der Waals surface area contributed by atoms with E-state index in [-0.39, 0.29) is 16.4 Å². The molecule has 20 heavy (non-hydrogen) atoms. The molecular formula is C18H28O2. The summed E-state index contributed by atoms with van der Waals surface area (Å²) < 4.78 is 6.23. The average Bonchev–Trinajstić information content (AvgIpc) is 2.47. The first kappa shape index (κ1) is 15.2. The van der Waals surface area contributed by atoms with Gasteiger partial charge >= 0.3 is 0 Å². The van der Waals surface area contributed by atoms with E-state index in [2.05, 4.69) is 55.4 Å². The van der Waals surface area contributed by atoms with Gasteiger partial charge in [-0.1, -0.05) is 41.5 Å². The van der Waals surface area contributed by atoms with Crippen LogP contribution < -0.4 is 4.74 Å². The van der Waals surface area contributed by atoms with Gasteiger partial charge in [-0.3, -0.25) is 0 Å². The van der Waals surface area contributed by atoms with Crippen molar-refractivity contribution >= 4 is 0 Å². The second-order valence-corrected chi connectivity index (χ2v) is 8.66. The van der Waals surface area contributed by atoms with Crippen LogP contribution in [0.4, 0.5) is 0 Å². The third kappa shape index (κ3) is 2.53. The molecule has 1 aromatic rings. The van der Waals surface area contributed by atoms with E-state index in [9.17, 15) is 5.11 Å². The Morgan fingerprint density at radius 1 is 1.05 bits per heavy atom. The second-order valence-electron chi connectivity index (χ2n) is 8.66. The van der Waals surface area contributed by atoms with Crippen LogP contribution in [0.5, 0.6) is 11.5 Å². The zero-order valence-electron chi connectivity index (χ0n) is 14.1. The molecule has 2 rings (SSSR count). The fraction of sp³-hybridized carbons (Fsp3) is 0.667. The minimum absolute atomic E-state index is 0.0433. The van der Waals surface area contributed by atoms with Crippen LogP contribution in [0, 0.1) is 0 Å². The normalized spacial score (nSPS) is 17.8. The van der Waals surface area contributed by atoms with Gasteiger partial charge in [-0.15, -0.1) is 0 Å². The standard InChI is InChI=1S/C18H28O2/c1-16(2,3)12-9-13(19)14(17(4,5)6)11-10-18(7,8)20-15(11)12/h9,19H,10H2,1-8H3. The Hall–Kier alpha value is -1.18. The van der Waals surface area contributed by atoms with Crippen molar-refractivity contribution in [2.45, 2.75) is 78.2 Å². The van der Waals surface area contributed by atoms with E-state index < -0.39 is 0 Å². The average molecular weight is 276 g/mol. The Labute approximate surface area is 123 Å². The Balaban J connectivity index is 2.77. The number of ether oxygens (including phenoxy) is 1. The highest BCUT2D eigenvalue weighted by Gasteiger charge is 2.39. The highest BCUT2D eigenvalue weighted by molar-refractivity contribution is 5.60. The molecule has 0 aromatic heterocycles. The summed E-state index contributed by atoms with van der Waals surface area (Å²) in [5.74, 6) is 1.40. The molecule has 2 nitrogen and oxygen atoms in total. The van der Waals surface area contributed by atoms with Gasteiger partial charge in [-0.25, -0.2) is 0 Å². The summed E-state index contributed by atoms with van der Waals surface area (Å²) in [4.78, 5) is 0. The third-order valence-electron chi connectivity index (χ3n) is 3.90. The van der Waals surface area contributed by atoms with Gasteiger partial charge in [-0.05, 0) is 30.7 Å². The highest BCUT2D eigenvalue weighted by atomic mass is 16.5. The van der Waals surface area contributed by atoms with Crippen molar-refractivity contribution in [3.05, 3.63) is 22.8 Å². The van der Waals surface area contributed by atoms with E-state index in [4.69, 9.17) is 4.74 Å². The van der Waals surface area contributed by atoms with Crippen molar-refractivity contribution in [3.8, 4) is 11.5 Å². The third-order valence-corrected chi connectivity index (χ3v) is 3.90. The van der Waals surface area contributed by atoms with Gasteiger partial charge in [0.25, 0.3) is 0 Å². The van der Waals surface area contributed by atoms with E-state index in [0.29, 0.717) is 5.75 Å². The van der Waals surface area contributed by atoms with Crippen molar-refractivity contribution in [1.29, 1.82) is 0 Å². The van der Waals surface area contributed by atoms with Crippen LogP contribution in [0.1, 0.15) is 72.1 Å². The van der Waals surface area contributed by atoms with Crippen LogP contribution in [-0.2, 0) is 17.3 Å². The molecule has 1 aliphatic heterocycles. The first-order valence-corrected chi connectivity index (χ1v) is 7.42. The Morgan fingerprint density at radius 3 is 2.05 bits per heavy atom. The van der Waals surface area contributed by atoms with Crippen molar-refractivity contribution in [3.63, 3.8) is 0 Å². The fourth-order valence-electron chi connectivity index (χ4n) is 3.12. The summed E-state index contributed by atoms with van der Waals surface area (Å²) in [5.41, 5.74) is 2.99. The predicted octanol–water partition coefficient (Wildman–Crippen LogP) is 4.70. The van der Waals surface area contributed by atoms with Gasteiger partial charge in [0.2, 0.25) is 0 Å². The van der Waals surface area contributed by atoms with Crippen molar-refractivity contribution in [1.82, 2.24) is 0 Å². The van der Waals surface area contributed by atoms with Gasteiger partial charge in [0.05, 0.1) is 0 Å². The molecule has 0 unspecified atom stereocenters. The summed E-state index contributed by atoms with van der Waals surface area (Å²) >= 11 is 0. The molecule has 112 valence electrons. The smallest absolute Gasteiger partial charge is 0.127 e. The lowest BCUT2D eigenvalue weighted by Crippen LogP contribution is -2.25. The Morgan fingerprint density at radius 2 is 1.60 bits per heavy atom. The molecule has 1 aliphatic rings. The van der Waals surface area contributed by atoms with Crippen molar-refractivity contribution < 1.29 is 9.84 Å². The number of hydrogen-bond donors (Lipinski definition) is 1. The minimum atomic E-state index is -0.198. The summed E-state index contributed by atoms with van der Waals surface area (Å²) in [6.45, 7) is 17.1. The van der Waals surface area contributed by atoms with Gasteiger partial charge in [0.1, 0.15) is 17.1 Å². The van der Waals surface area contributed by atoms with E-state index in [1.165, 1.54) is 5.56 Å². The summed E-state index contributed by atoms with van der Waals surface area (Å²) in [7, 11) is 0. The van der Waals surface area contributed by atoms with Gasteiger partial charge < -0.3 is 9.84 Å². The molecule has 0 saturated carbocycles. The summed E-state index contributed by atoms with van der Waals surface area (Å²) in [6, 6.07) is 1.90. The first-order chi connectivity index (χ1) is 8.83. The molecule has 0 atom stereocenters. The van der Waals surface area contributed by atoms with Gasteiger partial charge in [0, 0.05) is 23.1 Å². The quantitative estimate of drug-likeness (QED) is 0.744. The van der Waals surface area contributed by atoms with Crippen LogP contribution >= 0.6 is 0 Å². The SMILES string of the molecule is CC1(C)Cc2c(c(C(C)(C)C)cc(O)c2C(C)(C)C)O1. The Kier molecular flexibility index (Phi) is 3.16. The molecule has 0 fully saturated rings. The molecule has 1 N–H and O–H groups in total. The van der Waals surface area contributed by atoms with E-state index >= 15 is 0 Å². The zero-order valence-corrected chi connectivity index (χ0v) is 14.1. The molecule has 0 amide bonds. The maximum absolute atomic E-state index is 10.6. The van der Waals surface area contributed by atoms with Crippen molar-refractivity contribution in [2.24, 2.45) is 0 Å². The lowest BCUT2D eigenvalue weighted by Gasteiger charge is -2.28. The van der Waals surface area contributed by atoms with Crippen LogP contribution in [0.15, 0.2) is 6.07 Å². The number of fused-ring (bicyclic) bond motifs is 1. The molecular weight excluding hydrogens is 248 g/mol. The van der Waals surface area contributed by atoms with Crippen molar-refractivity contribution in [2.75, 3.05) is 0 Å². The topological polar surface area (TPSA) is 29.5 Å². The summed E-state index contributed by atoms with van der Waals surface area (Å²) in [5, 5.41) is 10.6. The highest BCUT2D eigenvalue weighted by Crippen LogP contribution is 2.49. The maximum atomic E-state index is 10.6. The maximum Gasteiger partial charge on any atom is 0.127 e. The first-order valence-electron chi connectivity index (χ1n) is 7.42. The fourth-order valence-corrected chi connectivity index (χ4v) is 3.12. The number of aromatic hydroxyl groups is 1. The lowest BCUT2D eigenvalue weighted by molar-refractivity contribution is 0.136. The van der Waals surface area contributed by atoms with Crippen LogP contribution in [0.2, 0.25) is 0 Å². The molecule has 0 saturated heterocycles. The molecule has 0 aliphatic carbocycles. The van der Waals surface area contributed by atoms with Gasteiger partial charge in [-0.2, -0.15) is 0 Å². The second kappa shape index (κ2) is 4.16. The monoisotopic (exact) mass is 276 g/mol. The molecule has 0 spiro atoms. The predicted molar refractivity (Wildman–Crippen MR) is 83.9 cm³/mol. The Bertz CT molecular complexity index is 540.